The summed E-state index contributed by atoms with van der Waals surface area (Å²) in [5, 5.41) is 0.681. The Hall–Kier alpha value is -1.16. The zero-order valence-corrected chi connectivity index (χ0v) is 11.3. The van der Waals surface area contributed by atoms with Crippen molar-refractivity contribution in [2.75, 3.05) is 0 Å². The summed E-state index contributed by atoms with van der Waals surface area (Å²) in [7, 11) is 0. The van der Waals surface area contributed by atoms with Gasteiger partial charge >= 0.3 is 0 Å². The van der Waals surface area contributed by atoms with Crippen molar-refractivity contribution in [2.24, 2.45) is 0 Å². The number of hydrogen-bond donors (Lipinski definition) is 1. The summed E-state index contributed by atoms with van der Waals surface area (Å²) in [6.07, 6.45) is 0. The fourth-order valence-corrected chi connectivity index (χ4v) is 2.12. The van der Waals surface area contributed by atoms with Gasteiger partial charge in [-0.15, -0.1) is 0 Å². The van der Waals surface area contributed by atoms with Gasteiger partial charge in [-0.05, 0) is 49.2 Å². The van der Waals surface area contributed by atoms with Gasteiger partial charge in [0.05, 0.1) is 11.1 Å². The van der Waals surface area contributed by atoms with Gasteiger partial charge in [-0.2, -0.15) is 0 Å². The Morgan fingerprint density at radius 1 is 1.12 bits per heavy atom. The van der Waals surface area contributed by atoms with Crippen molar-refractivity contribution >= 4 is 27.0 Å². The second-order valence-electron chi connectivity index (χ2n) is 4.06. The van der Waals surface area contributed by atoms with Crippen LogP contribution in [0.5, 0.6) is 0 Å². The van der Waals surface area contributed by atoms with E-state index in [9.17, 15) is 4.79 Å². The first kappa shape index (κ1) is 11.3. The second-order valence-corrected chi connectivity index (χ2v) is 4.86. The number of halogens is 1. The molecular weight excluding hydrogens is 268 g/mol. The van der Waals surface area contributed by atoms with Gasteiger partial charge < -0.3 is 4.98 Å². The van der Waals surface area contributed by atoms with Gasteiger partial charge in [-0.25, -0.2) is 4.98 Å². The van der Waals surface area contributed by atoms with E-state index >= 15 is 0 Å². The summed E-state index contributed by atoms with van der Waals surface area (Å²) in [5.41, 5.74) is 4.22. The summed E-state index contributed by atoms with van der Waals surface area (Å²) in [6.45, 7) is 7.58. The van der Waals surface area contributed by atoms with E-state index in [0.29, 0.717) is 11.0 Å². The summed E-state index contributed by atoms with van der Waals surface area (Å²) < 4.78 is 0.911. The summed E-state index contributed by atoms with van der Waals surface area (Å²) >= 11 is 3.46. The summed E-state index contributed by atoms with van der Waals surface area (Å²) in [5.74, 6) is 0. The van der Waals surface area contributed by atoms with Gasteiger partial charge in [0.15, 0.2) is 5.43 Å². The van der Waals surface area contributed by atoms with E-state index in [1.165, 1.54) is 0 Å². The molecular formula is C12H13BrN2O. The molecule has 0 fully saturated rings. The molecule has 0 saturated heterocycles. The number of rotatable bonds is 0. The van der Waals surface area contributed by atoms with Crippen LogP contribution in [-0.4, -0.2) is 9.97 Å². The first-order valence-electron chi connectivity index (χ1n) is 5.09. The number of nitrogens with zero attached hydrogens (tertiary/aromatic N) is 1. The molecule has 0 unspecified atom stereocenters. The molecule has 0 spiro atoms. The normalized spacial score (nSPS) is 11.1. The highest BCUT2D eigenvalue weighted by Crippen LogP contribution is 2.24. The van der Waals surface area contributed by atoms with Gasteiger partial charge in [0.25, 0.3) is 0 Å². The fraction of sp³-hybridized carbons (Fsp3) is 0.333. The maximum absolute atomic E-state index is 12.2. The summed E-state index contributed by atoms with van der Waals surface area (Å²) in [4.78, 5) is 19.7. The predicted octanol–water partition coefficient (Wildman–Crippen LogP) is 2.92. The number of hydrogen-bond acceptors (Lipinski definition) is 2. The lowest BCUT2D eigenvalue weighted by Gasteiger charge is -2.09. The van der Waals surface area contributed by atoms with E-state index in [2.05, 4.69) is 25.9 Å². The molecule has 2 aromatic rings. The first-order chi connectivity index (χ1) is 7.43. The number of nitrogens with one attached hydrogen (secondary N) is 1. The van der Waals surface area contributed by atoms with E-state index in [0.717, 1.165) is 27.0 Å². The fourth-order valence-electron chi connectivity index (χ4n) is 1.83. The molecule has 0 aliphatic heterocycles. The molecule has 0 atom stereocenters. The standard InChI is InChI=1S/C12H13BrN2O/c1-5-7(3)14-12-9(11(5)16)6(2)10(13)8(4)15-12/h1-4H3,(H,14,15,16). The third-order valence-electron chi connectivity index (χ3n) is 2.97. The maximum Gasteiger partial charge on any atom is 0.194 e. The van der Waals surface area contributed by atoms with Gasteiger partial charge in [0, 0.05) is 15.7 Å². The van der Waals surface area contributed by atoms with Gasteiger partial charge in [0.2, 0.25) is 0 Å². The van der Waals surface area contributed by atoms with Crippen LogP contribution in [0.4, 0.5) is 0 Å². The maximum atomic E-state index is 12.2. The number of fused-ring (bicyclic) bond motifs is 1. The highest BCUT2D eigenvalue weighted by atomic mass is 79.9. The van der Waals surface area contributed by atoms with Crippen LogP contribution in [0.15, 0.2) is 9.27 Å². The highest BCUT2D eigenvalue weighted by molar-refractivity contribution is 9.10. The average Bonchev–Trinajstić information content (AvgIpc) is 2.23. The molecule has 0 bridgehead atoms. The molecule has 3 nitrogen and oxygen atoms in total. The monoisotopic (exact) mass is 280 g/mol. The molecule has 4 heteroatoms. The van der Waals surface area contributed by atoms with E-state index in [4.69, 9.17) is 0 Å². The number of pyridine rings is 2. The van der Waals surface area contributed by atoms with Crippen LogP contribution in [0, 0.1) is 27.7 Å². The Labute approximate surface area is 102 Å². The third-order valence-corrected chi connectivity index (χ3v) is 4.14. The highest BCUT2D eigenvalue weighted by Gasteiger charge is 2.12. The number of aromatic amines is 1. The molecule has 2 rings (SSSR count). The zero-order valence-electron chi connectivity index (χ0n) is 9.73. The molecule has 1 N–H and O–H groups in total. The molecule has 2 aromatic heterocycles. The zero-order chi connectivity index (χ0) is 12.0. The molecule has 0 aromatic carbocycles. The molecule has 2 heterocycles. The molecule has 0 amide bonds. The third kappa shape index (κ3) is 1.48. The molecule has 84 valence electrons. The first-order valence-corrected chi connectivity index (χ1v) is 5.88. The topological polar surface area (TPSA) is 45.8 Å². The Kier molecular flexibility index (Phi) is 2.62. The molecule has 16 heavy (non-hydrogen) atoms. The minimum Gasteiger partial charge on any atom is -0.343 e. The van der Waals surface area contributed by atoms with E-state index < -0.39 is 0 Å². The van der Waals surface area contributed by atoms with Gasteiger partial charge in [-0.3, -0.25) is 4.79 Å². The van der Waals surface area contributed by atoms with Crippen LogP contribution in [0.1, 0.15) is 22.5 Å². The van der Waals surface area contributed by atoms with Crippen LogP contribution in [0.2, 0.25) is 0 Å². The van der Waals surface area contributed by atoms with Crippen molar-refractivity contribution in [3.05, 3.63) is 37.2 Å². The Balaban J connectivity index is 3.10. The van der Waals surface area contributed by atoms with Crippen molar-refractivity contribution < 1.29 is 0 Å². The SMILES string of the molecule is Cc1nc2[nH]c(C)c(C)c(=O)c2c(C)c1Br. The van der Waals surface area contributed by atoms with Crippen LogP contribution < -0.4 is 5.43 Å². The smallest absolute Gasteiger partial charge is 0.194 e. The van der Waals surface area contributed by atoms with Crippen molar-refractivity contribution in [2.45, 2.75) is 27.7 Å². The van der Waals surface area contributed by atoms with Crippen LogP contribution in [-0.2, 0) is 0 Å². The lowest BCUT2D eigenvalue weighted by atomic mass is 10.1. The Morgan fingerprint density at radius 3 is 2.38 bits per heavy atom. The molecule has 0 aliphatic carbocycles. The lowest BCUT2D eigenvalue weighted by molar-refractivity contribution is 1.10. The van der Waals surface area contributed by atoms with Gasteiger partial charge in [-0.1, -0.05) is 0 Å². The van der Waals surface area contributed by atoms with Crippen LogP contribution in [0.25, 0.3) is 11.0 Å². The minimum absolute atomic E-state index is 0.0666. The number of H-pyrrole nitrogens is 1. The van der Waals surface area contributed by atoms with E-state index in [1.807, 2.05) is 27.7 Å². The lowest BCUT2D eigenvalue weighted by Crippen LogP contribution is -2.12. The van der Waals surface area contributed by atoms with E-state index in [1.54, 1.807) is 0 Å². The van der Waals surface area contributed by atoms with Crippen molar-refractivity contribution in [1.82, 2.24) is 9.97 Å². The largest absolute Gasteiger partial charge is 0.343 e. The van der Waals surface area contributed by atoms with Crippen LogP contribution in [0.3, 0.4) is 0 Å². The quantitative estimate of drug-likeness (QED) is 0.807. The molecule has 0 radical (unpaired) electrons. The summed E-state index contributed by atoms with van der Waals surface area (Å²) in [6, 6.07) is 0. The van der Waals surface area contributed by atoms with Crippen molar-refractivity contribution in [1.29, 1.82) is 0 Å². The Bertz CT molecular complexity index is 638. The second kappa shape index (κ2) is 3.70. The number of aromatic nitrogens is 2. The van der Waals surface area contributed by atoms with Crippen molar-refractivity contribution in [3.8, 4) is 0 Å². The van der Waals surface area contributed by atoms with Crippen LogP contribution >= 0.6 is 15.9 Å². The van der Waals surface area contributed by atoms with Gasteiger partial charge in [0.1, 0.15) is 5.65 Å². The minimum atomic E-state index is 0.0666. The molecule has 0 aliphatic rings. The van der Waals surface area contributed by atoms with E-state index in [-0.39, 0.29) is 5.43 Å². The predicted molar refractivity (Wildman–Crippen MR) is 69.0 cm³/mol. The Morgan fingerprint density at radius 2 is 1.75 bits per heavy atom. The number of aryl methyl sites for hydroxylation is 3. The molecule has 0 saturated carbocycles. The van der Waals surface area contributed by atoms with Crippen molar-refractivity contribution in [3.63, 3.8) is 0 Å². The average molecular weight is 281 g/mol.